The largest absolute Gasteiger partial charge is 0.463 e. The number of ether oxygens (including phenoxy) is 1. The number of nitrogens with two attached hydrogens (primary N) is 1. The lowest BCUT2D eigenvalue weighted by atomic mass is 10.5. The van der Waals surface area contributed by atoms with E-state index >= 15 is 0 Å². The molecule has 0 aliphatic rings. The third-order valence-corrected chi connectivity index (χ3v) is 0.908. The average Bonchev–Trinajstić information content (AvgIpc) is 2.36. The van der Waals surface area contributed by atoms with E-state index in [2.05, 4.69) is 30.2 Å². The van der Waals surface area contributed by atoms with Gasteiger partial charge in [0.2, 0.25) is 5.91 Å². The van der Waals surface area contributed by atoms with E-state index in [-0.39, 0.29) is 5.97 Å². The van der Waals surface area contributed by atoms with Gasteiger partial charge >= 0.3 is 5.97 Å². The molecule has 0 heterocycles. The van der Waals surface area contributed by atoms with E-state index in [1.54, 1.807) is 6.07 Å². The zero-order chi connectivity index (χ0) is 14.1. The number of hydrogen-bond acceptors (Lipinski definition) is 4. The SMILES string of the molecule is C=CC#N.C=CC(=O)OCCC.C=CC(N)=O. The first-order valence-corrected chi connectivity index (χ1v) is 4.71. The molecule has 0 spiro atoms. The van der Waals surface area contributed by atoms with Crippen LogP contribution in [0.2, 0.25) is 0 Å². The Balaban J connectivity index is -0.000000188. The van der Waals surface area contributed by atoms with Gasteiger partial charge in [0.25, 0.3) is 0 Å². The van der Waals surface area contributed by atoms with E-state index in [4.69, 9.17) is 5.26 Å². The predicted molar refractivity (Wildman–Crippen MR) is 66.6 cm³/mol. The number of rotatable bonds is 4. The molecule has 0 fully saturated rings. The van der Waals surface area contributed by atoms with E-state index in [9.17, 15) is 9.59 Å². The van der Waals surface area contributed by atoms with Crippen molar-refractivity contribution < 1.29 is 14.3 Å². The molecule has 0 aromatic carbocycles. The van der Waals surface area contributed by atoms with Crippen molar-refractivity contribution >= 4 is 11.9 Å². The number of esters is 1. The maximum Gasteiger partial charge on any atom is 0.330 e. The molecule has 5 nitrogen and oxygen atoms in total. The van der Waals surface area contributed by atoms with Crippen LogP contribution in [0.1, 0.15) is 13.3 Å². The van der Waals surface area contributed by atoms with Crippen LogP contribution in [0, 0.1) is 11.3 Å². The van der Waals surface area contributed by atoms with Gasteiger partial charge in [0.05, 0.1) is 12.7 Å². The molecule has 94 valence electrons. The van der Waals surface area contributed by atoms with Gasteiger partial charge in [-0.1, -0.05) is 26.7 Å². The molecule has 1 amide bonds. The van der Waals surface area contributed by atoms with Gasteiger partial charge in [-0.2, -0.15) is 5.26 Å². The summed E-state index contributed by atoms with van der Waals surface area (Å²) >= 11 is 0. The summed E-state index contributed by atoms with van der Waals surface area (Å²) in [6, 6.07) is 1.69. The Morgan fingerprint density at radius 3 is 1.94 bits per heavy atom. The van der Waals surface area contributed by atoms with Gasteiger partial charge in [-0.15, -0.1) is 0 Å². The molecule has 17 heavy (non-hydrogen) atoms. The molecule has 0 saturated carbocycles. The highest BCUT2D eigenvalue weighted by molar-refractivity contribution is 5.85. The highest BCUT2D eigenvalue weighted by Crippen LogP contribution is 1.81. The lowest BCUT2D eigenvalue weighted by Gasteiger charge is -1.94. The molecule has 5 heteroatoms. The molecule has 0 radical (unpaired) electrons. The van der Waals surface area contributed by atoms with Gasteiger partial charge in [0.15, 0.2) is 0 Å². The number of nitrogens with zero attached hydrogens (tertiary/aromatic N) is 1. The van der Waals surface area contributed by atoms with Gasteiger partial charge in [-0.3, -0.25) is 4.79 Å². The van der Waals surface area contributed by atoms with Gasteiger partial charge < -0.3 is 10.5 Å². The number of carbonyl (C=O) groups excluding carboxylic acids is 2. The molecular formula is C12H18N2O3. The summed E-state index contributed by atoms with van der Waals surface area (Å²) in [7, 11) is 0. The molecule has 0 atom stereocenters. The molecule has 0 saturated heterocycles. The van der Waals surface area contributed by atoms with Crippen molar-refractivity contribution in [1.82, 2.24) is 0 Å². The number of nitriles is 1. The Hall–Kier alpha value is -2.35. The first-order valence-electron chi connectivity index (χ1n) is 4.71. The van der Waals surface area contributed by atoms with Crippen molar-refractivity contribution in [3.63, 3.8) is 0 Å². The van der Waals surface area contributed by atoms with E-state index in [1.807, 2.05) is 6.92 Å². The molecule has 0 aliphatic heterocycles. The highest BCUT2D eigenvalue weighted by atomic mass is 16.5. The number of allylic oxidation sites excluding steroid dienone is 1. The minimum atomic E-state index is -0.481. The van der Waals surface area contributed by atoms with Crippen molar-refractivity contribution in [2.24, 2.45) is 5.73 Å². The summed E-state index contributed by atoms with van der Waals surface area (Å²) in [5.74, 6) is -0.822. The molecule has 0 bridgehead atoms. The zero-order valence-corrected chi connectivity index (χ0v) is 10.0. The summed E-state index contributed by atoms with van der Waals surface area (Å²) in [6.07, 6.45) is 4.26. The Morgan fingerprint density at radius 2 is 1.76 bits per heavy atom. The number of amides is 1. The fraction of sp³-hybridized carbons (Fsp3) is 0.250. The topological polar surface area (TPSA) is 93.2 Å². The van der Waals surface area contributed by atoms with Gasteiger partial charge in [0, 0.05) is 12.2 Å². The maximum absolute atomic E-state index is 10.2. The van der Waals surface area contributed by atoms with Crippen LogP contribution in [-0.2, 0) is 14.3 Å². The smallest absolute Gasteiger partial charge is 0.330 e. The Kier molecular flexibility index (Phi) is 22.8. The monoisotopic (exact) mass is 238 g/mol. The van der Waals surface area contributed by atoms with Crippen molar-refractivity contribution in [2.75, 3.05) is 6.61 Å². The molecule has 0 aliphatic carbocycles. The number of hydrogen-bond donors (Lipinski definition) is 1. The minimum absolute atomic E-state index is 0.341. The molecule has 2 N–H and O–H groups in total. The fourth-order valence-corrected chi connectivity index (χ4v) is 0.262. The Morgan fingerprint density at radius 1 is 1.35 bits per heavy atom. The lowest BCUT2D eigenvalue weighted by molar-refractivity contribution is -0.137. The molecule has 0 aromatic rings. The molecule has 0 unspecified atom stereocenters. The van der Waals surface area contributed by atoms with Crippen LogP contribution < -0.4 is 5.73 Å². The van der Waals surface area contributed by atoms with Gasteiger partial charge in [0.1, 0.15) is 0 Å². The standard InChI is InChI=1S/C6H10O2.C3H5NO.C3H3N/c1-3-5-8-6(7)4-2;1-2-3(4)5;1-2-3-4/h4H,2-3,5H2,1H3;2H,1H2,(H2,4,5);2H,1H2. The third kappa shape index (κ3) is 41.9. The van der Waals surface area contributed by atoms with E-state index in [1.165, 1.54) is 6.08 Å². The third-order valence-electron chi connectivity index (χ3n) is 0.908. The second kappa shape index (κ2) is 19.3. The summed E-state index contributed by atoms with van der Waals surface area (Å²) < 4.78 is 4.58. The minimum Gasteiger partial charge on any atom is -0.463 e. The van der Waals surface area contributed by atoms with Crippen LogP contribution in [0.3, 0.4) is 0 Å². The van der Waals surface area contributed by atoms with Crippen molar-refractivity contribution in [1.29, 1.82) is 5.26 Å². The van der Waals surface area contributed by atoms with Crippen LogP contribution in [0.15, 0.2) is 38.0 Å². The number of primary amides is 1. The summed E-state index contributed by atoms with van der Waals surface area (Å²) in [4.78, 5) is 19.7. The second-order valence-electron chi connectivity index (χ2n) is 2.31. The van der Waals surface area contributed by atoms with E-state index in [0.29, 0.717) is 6.61 Å². The summed E-state index contributed by atoms with van der Waals surface area (Å²) in [5.41, 5.74) is 4.53. The highest BCUT2D eigenvalue weighted by Gasteiger charge is 1.89. The Bertz CT molecular complexity index is 291. The maximum atomic E-state index is 10.2. The average molecular weight is 238 g/mol. The van der Waals surface area contributed by atoms with Gasteiger partial charge in [-0.05, 0) is 12.5 Å². The van der Waals surface area contributed by atoms with Crippen LogP contribution in [-0.4, -0.2) is 18.5 Å². The first-order chi connectivity index (χ1) is 7.99. The van der Waals surface area contributed by atoms with Crippen molar-refractivity contribution in [3.8, 4) is 6.07 Å². The normalized spacial score (nSPS) is 6.59. The first kappa shape index (κ1) is 20.1. The second-order valence-corrected chi connectivity index (χ2v) is 2.31. The number of carbonyl (C=O) groups is 2. The molecule has 0 aromatic heterocycles. The van der Waals surface area contributed by atoms with Crippen LogP contribution in [0.5, 0.6) is 0 Å². The zero-order valence-electron chi connectivity index (χ0n) is 10.0. The fourth-order valence-electron chi connectivity index (χ4n) is 0.262. The molecular weight excluding hydrogens is 220 g/mol. The quantitative estimate of drug-likeness (QED) is 0.456. The van der Waals surface area contributed by atoms with Crippen molar-refractivity contribution in [3.05, 3.63) is 38.0 Å². The van der Waals surface area contributed by atoms with Crippen LogP contribution >= 0.6 is 0 Å². The van der Waals surface area contributed by atoms with E-state index < -0.39 is 5.91 Å². The van der Waals surface area contributed by atoms with Crippen molar-refractivity contribution in [2.45, 2.75) is 13.3 Å². The van der Waals surface area contributed by atoms with E-state index in [0.717, 1.165) is 18.6 Å². The summed E-state index contributed by atoms with van der Waals surface area (Å²) in [5, 5.41) is 7.51. The summed E-state index contributed by atoms with van der Waals surface area (Å²) in [6.45, 7) is 11.9. The predicted octanol–water partition coefficient (Wildman–Crippen LogP) is 1.48. The molecule has 0 rings (SSSR count). The lowest BCUT2D eigenvalue weighted by Crippen LogP contribution is -2.04. The van der Waals surface area contributed by atoms with Gasteiger partial charge in [-0.25, -0.2) is 4.79 Å². The van der Waals surface area contributed by atoms with Crippen LogP contribution in [0.4, 0.5) is 0 Å². The van der Waals surface area contributed by atoms with Crippen LogP contribution in [0.25, 0.3) is 0 Å². The Labute approximate surface area is 102 Å².